The van der Waals surface area contributed by atoms with Gasteiger partial charge in [0.1, 0.15) is 0 Å². The number of carbonyl (C=O) groups excluding carboxylic acids is 3. The van der Waals surface area contributed by atoms with E-state index in [4.69, 9.17) is 44.3 Å². The molecule has 0 radical (unpaired) electrons. The Kier molecular flexibility index (Phi) is 9.34. The van der Waals surface area contributed by atoms with E-state index in [1.807, 2.05) is 12.1 Å². The van der Waals surface area contributed by atoms with Crippen molar-refractivity contribution >= 4 is 69.6 Å². The average molecular weight is 712 g/mol. The highest BCUT2D eigenvalue weighted by Gasteiger charge is 2.60. The number of anilines is 3. The summed E-state index contributed by atoms with van der Waals surface area (Å²) in [5.41, 5.74) is 2.43. The van der Waals surface area contributed by atoms with Gasteiger partial charge in [0.25, 0.3) is 5.91 Å². The first-order chi connectivity index (χ1) is 23.2. The normalized spacial score (nSPS) is 19.7. The maximum Gasteiger partial charge on any atom is 0.315 e. The Morgan fingerprint density at radius 3 is 2.33 bits per heavy atom. The van der Waals surface area contributed by atoms with Crippen molar-refractivity contribution in [3.63, 3.8) is 0 Å². The van der Waals surface area contributed by atoms with Crippen molar-refractivity contribution in [1.82, 2.24) is 10.2 Å². The van der Waals surface area contributed by atoms with Crippen LogP contribution in [0.25, 0.3) is 0 Å². The largest absolute Gasteiger partial charge is 0.424 e. The van der Waals surface area contributed by atoms with E-state index in [1.54, 1.807) is 54.3 Å². The number of morpholine rings is 1. The van der Waals surface area contributed by atoms with E-state index in [-0.39, 0.29) is 33.8 Å². The minimum Gasteiger partial charge on any atom is -0.424 e. The van der Waals surface area contributed by atoms with Crippen LogP contribution in [-0.2, 0) is 19.7 Å². The molecule has 3 aromatic rings. The van der Waals surface area contributed by atoms with Gasteiger partial charge in [-0.1, -0.05) is 66.0 Å². The van der Waals surface area contributed by atoms with Crippen molar-refractivity contribution in [2.75, 3.05) is 55.7 Å². The molecule has 12 heteroatoms. The third-order valence-electron chi connectivity index (χ3n) is 10.0. The molecule has 2 saturated heterocycles. The standard InChI is InChI=1S/C36H37Cl3N4O5/c1-22(34(45)48-30-8-3-2-7-29(30)43-32-25(5-4-6-26(32)37)36(11-12-36)35(43)46)21-40-33(44)31-27(38)19-24(20-28(31)39)41-13-9-23(10-14-41)42-15-17-47-18-16-42/h2-8,19-20,22-23H,9-18,21H2,1H3,(H,40,44)/t22-/m0/s1. The number of benzene rings is 3. The minimum absolute atomic E-state index is 0.0102. The van der Waals surface area contributed by atoms with Crippen LogP contribution in [0.3, 0.4) is 0 Å². The van der Waals surface area contributed by atoms with Crippen molar-refractivity contribution in [2.45, 2.75) is 44.1 Å². The summed E-state index contributed by atoms with van der Waals surface area (Å²) in [7, 11) is 0. The van der Waals surface area contributed by atoms with Crippen LogP contribution in [0.4, 0.5) is 17.1 Å². The summed E-state index contributed by atoms with van der Waals surface area (Å²) >= 11 is 19.8. The smallest absolute Gasteiger partial charge is 0.315 e. The molecular formula is C36H37Cl3N4O5. The van der Waals surface area contributed by atoms with Crippen LogP contribution >= 0.6 is 34.8 Å². The van der Waals surface area contributed by atoms with Crippen LogP contribution < -0.4 is 19.9 Å². The second-order valence-corrected chi connectivity index (χ2v) is 14.2. The van der Waals surface area contributed by atoms with Crippen molar-refractivity contribution < 1.29 is 23.9 Å². The predicted molar refractivity (Wildman–Crippen MR) is 187 cm³/mol. The molecule has 1 saturated carbocycles. The molecule has 0 aromatic heterocycles. The molecule has 3 aliphatic heterocycles. The fraction of sp³-hybridized carbons (Fsp3) is 0.417. The Morgan fingerprint density at radius 1 is 0.958 bits per heavy atom. The molecule has 3 aromatic carbocycles. The van der Waals surface area contributed by atoms with Crippen molar-refractivity contribution in [3.8, 4) is 5.75 Å². The van der Waals surface area contributed by atoms with Gasteiger partial charge in [0.05, 0.1) is 56.6 Å². The molecule has 2 amide bonds. The number of ether oxygens (including phenoxy) is 2. The van der Waals surface area contributed by atoms with E-state index >= 15 is 0 Å². The van der Waals surface area contributed by atoms with Gasteiger partial charge >= 0.3 is 5.97 Å². The molecule has 4 aliphatic rings. The van der Waals surface area contributed by atoms with Crippen molar-refractivity contribution in [2.24, 2.45) is 5.92 Å². The fourth-order valence-electron chi connectivity index (χ4n) is 7.14. The van der Waals surface area contributed by atoms with Gasteiger partial charge in [-0.2, -0.15) is 0 Å². The summed E-state index contributed by atoms with van der Waals surface area (Å²) in [4.78, 5) is 46.5. The van der Waals surface area contributed by atoms with Crippen LogP contribution in [-0.4, -0.2) is 74.7 Å². The fourth-order valence-corrected chi connectivity index (χ4v) is 8.05. The Balaban J connectivity index is 0.980. The number of fused-ring (bicyclic) bond motifs is 2. The van der Waals surface area contributed by atoms with E-state index in [2.05, 4.69) is 15.1 Å². The zero-order valence-electron chi connectivity index (χ0n) is 26.6. The molecule has 1 atom stereocenters. The molecule has 1 spiro atoms. The summed E-state index contributed by atoms with van der Waals surface area (Å²) in [6.45, 7) is 6.91. The van der Waals surface area contributed by atoms with Crippen LogP contribution in [0.2, 0.25) is 15.1 Å². The molecule has 3 heterocycles. The van der Waals surface area contributed by atoms with Gasteiger partial charge in [0.2, 0.25) is 5.91 Å². The SMILES string of the molecule is C[C@@H](CNC(=O)c1c(Cl)cc(N2CCC(N3CCOCC3)CC2)cc1Cl)C(=O)Oc1ccccc1N1C(=O)C2(CC2)c2cccc(Cl)c21. The van der Waals surface area contributed by atoms with Gasteiger partial charge in [-0.3, -0.25) is 24.2 Å². The number of rotatable bonds is 8. The summed E-state index contributed by atoms with van der Waals surface area (Å²) < 4.78 is 11.3. The zero-order valence-corrected chi connectivity index (χ0v) is 28.9. The number of para-hydroxylation sites is 3. The number of hydrogen-bond donors (Lipinski definition) is 1. The second kappa shape index (κ2) is 13.5. The van der Waals surface area contributed by atoms with E-state index in [0.29, 0.717) is 22.4 Å². The maximum atomic E-state index is 13.7. The summed E-state index contributed by atoms with van der Waals surface area (Å²) in [5, 5.41) is 3.74. The highest BCUT2D eigenvalue weighted by Crippen LogP contribution is 2.61. The minimum atomic E-state index is -0.716. The van der Waals surface area contributed by atoms with E-state index in [9.17, 15) is 14.4 Å². The molecule has 9 nitrogen and oxygen atoms in total. The Labute approximate surface area is 295 Å². The highest BCUT2D eigenvalue weighted by atomic mass is 35.5. The lowest BCUT2D eigenvalue weighted by Crippen LogP contribution is -2.49. The molecule has 1 aliphatic carbocycles. The van der Waals surface area contributed by atoms with Gasteiger partial charge < -0.3 is 19.7 Å². The molecule has 0 unspecified atom stereocenters. The molecule has 0 bridgehead atoms. The van der Waals surface area contributed by atoms with E-state index < -0.39 is 23.2 Å². The van der Waals surface area contributed by atoms with Gasteiger partial charge in [-0.25, -0.2) is 0 Å². The third kappa shape index (κ3) is 6.16. The number of carbonyl (C=O) groups is 3. The quantitative estimate of drug-likeness (QED) is 0.207. The second-order valence-electron chi connectivity index (χ2n) is 13.0. The number of amides is 2. The average Bonchev–Trinajstić information content (AvgIpc) is 3.86. The highest BCUT2D eigenvalue weighted by molar-refractivity contribution is 6.40. The number of nitrogens with one attached hydrogen (secondary N) is 1. The van der Waals surface area contributed by atoms with Crippen molar-refractivity contribution in [1.29, 1.82) is 0 Å². The molecule has 252 valence electrons. The van der Waals surface area contributed by atoms with Crippen LogP contribution in [0.5, 0.6) is 5.75 Å². The first-order valence-electron chi connectivity index (χ1n) is 16.5. The molecule has 1 N–H and O–H groups in total. The topological polar surface area (TPSA) is 91.4 Å². The van der Waals surface area contributed by atoms with Crippen LogP contribution in [0, 0.1) is 5.92 Å². The summed E-state index contributed by atoms with van der Waals surface area (Å²) in [6, 6.07) is 16.5. The molecule has 7 rings (SSSR count). The van der Waals surface area contributed by atoms with Gasteiger partial charge in [0.15, 0.2) is 5.75 Å². The first-order valence-corrected chi connectivity index (χ1v) is 17.6. The predicted octanol–water partition coefficient (Wildman–Crippen LogP) is 6.63. The van der Waals surface area contributed by atoms with Crippen LogP contribution in [0.1, 0.15) is 48.5 Å². The zero-order chi connectivity index (χ0) is 33.6. The number of esters is 1. The van der Waals surface area contributed by atoms with Crippen LogP contribution in [0.15, 0.2) is 54.6 Å². The Morgan fingerprint density at radius 2 is 1.65 bits per heavy atom. The Hall–Kier alpha value is -3.34. The maximum absolute atomic E-state index is 13.7. The number of hydrogen-bond acceptors (Lipinski definition) is 7. The van der Waals surface area contributed by atoms with E-state index in [0.717, 1.165) is 76.3 Å². The Bertz CT molecular complexity index is 1730. The van der Waals surface area contributed by atoms with Gasteiger partial charge in [-0.05, 0) is 61.6 Å². The first kappa shape index (κ1) is 33.2. The summed E-state index contributed by atoms with van der Waals surface area (Å²) in [5.74, 6) is -1.61. The molecule has 48 heavy (non-hydrogen) atoms. The third-order valence-corrected chi connectivity index (χ3v) is 10.9. The van der Waals surface area contributed by atoms with Gasteiger partial charge in [-0.15, -0.1) is 0 Å². The number of halogens is 3. The lowest BCUT2D eigenvalue weighted by Gasteiger charge is -2.41. The van der Waals surface area contributed by atoms with Gasteiger partial charge in [0, 0.05) is 44.5 Å². The summed E-state index contributed by atoms with van der Waals surface area (Å²) in [6.07, 6.45) is 3.57. The lowest BCUT2D eigenvalue weighted by atomic mass is 9.98. The monoisotopic (exact) mass is 710 g/mol. The molecule has 3 fully saturated rings. The van der Waals surface area contributed by atoms with Crippen molar-refractivity contribution in [3.05, 3.63) is 80.8 Å². The van der Waals surface area contributed by atoms with E-state index in [1.165, 1.54) is 0 Å². The number of piperidine rings is 1. The number of nitrogens with zero attached hydrogens (tertiary/aromatic N) is 3. The molecular weight excluding hydrogens is 675 g/mol. The lowest BCUT2D eigenvalue weighted by molar-refractivity contribution is -0.138.